The second-order valence-electron chi connectivity index (χ2n) is 5.39. The maximum Gasteiger partial charge on any atom is 0.123 e. The number of rotatable bonds is 5. The van der Waals surface area contributed by atoms with Crippen molar-refractivity contribution in [2.24, 2.45) is 0 Å². The van der Waals surface area contributed by atoms with Crippen LogP contribution in [-0.2, 0) is 6.54 Å². The largest absolute Gasteiger partial charge is 0.313 e. The average molecular weight is 306 g/mol. The van der Waals surface area contributed by atoms with E-state index in [1.807, 2.05) is 32.0 Å². The van der Waals surface area contributed by atoms with E-state index in [2.05, 4.69) is 12.2 Å². The summed E-state index contributed by atoms with van der Waals surface area (Å²) in [6, 6.07) is 8.97. The highest BCUT2D eigenvalue weighted by Gasteiger charge is 2.11. The predicted molar refractivity (Wildman–Crippen MR) is 88.3 cm³/mol. The second-order valence-corrected chi connectivity index (χ2v) is 5.80. The number of hydrogen-bond donors (Lipinski definition) is 1. The zero-order valence-electron chi connectivity index (χ0n) is 12.8. The number of aryl methyl sites for hydroxylation is 2. The number of benzene rings is 2. The maximum absolute atomic E-state index is 13.7. The number of hydrogen-bond acceptors (Lipinski definition) is 1. The molecule has 0 spiro atoms. The molecule has 0 aliphatic rings. The Balaban J connectivity index is 2.46. The first-order valence-electron chi connectivity index (χ1n) is 7.29. The Kier molecular flexibility index (Phi) is 5.38. The van der Waals surface area contributed by atoms with Gasteiger partial charge in [0.15, 0.2) is 0 Å². The molecule has 0 radical (unpaired) electrons. The fraction of sp³-hybridized carbons (Fsp3) is 0.333. The van der Waals surface area contributed by atoms with E-state index in [4.69, 9.17) is 11.6 Å². The molecule has 0 aromatic heterocycles. The lowest BCUT2D eigenvalue weighted by atomic mass is 9.94. The second kappa shape index (κ2) is 7.06. The third kappa shape index (κ3) is 3.84. The highest BCUT2D eigenvalue weighted by atomic mass is 35.5. The van der Waals surface area contributed by atoms with Crippen molar-refractivity contribution in [1.29, 1.82) is 0 Å². The van der Waals surface area contributed by atoms with Crippen LogP contribution in [0.5, 0.6) is 0 Å². The van der Waals surface area contributed by atoms with Gasteiger partial charge in [-0.25, -0.2) is 4.39 Å². The van der Waals surface area contributed by atoms with E-state index in [1.165, 1.54) is 6.07 Å². The van der Waals surface area contributed by atoms with Crippen LogP contribution >= 0.6 is 11.6 Å². The third-order valence-corrected chi connectivity index (χ3v) is 4.02. The van der Waals surface area contributed by atoms with Crippen LogP contribution in [-0.4, -0.2) is 6.54 Å². The minimum Gasteiger partial charge on any atom is -0.313 e. The predicted octanol–water partition coefficient (Wildman–Crippen LogP) is 5.26. The molecule has 1 nitrogen and oxygen atoms in total. The van der Waals surface area contributed by atoms with Crippen LogP contribution in [0.3, 0.4) is 0 Å². The zero-order chi connectivity index (χ0) is 15.4. The molecule has 2 aromatic rings. The lowest BCUT2D eigenvalue weighted by Crippen LogP contribution is -2.14. The third-order valence-electron chi connectivity index (χ3n) is 3.61. The van der Waals surface area contributed by atoms with Gasteiger partial charge in [0.05, 0.1) is 0 Å². The van der Waals surface area contributed by atoms with Crippen LogP contribution in [0.2, 0.25) is 5.02 Å². The van der Waals surface area contributed by atoms with Gasteiger partial charge in [-0.05, 0) is 78.9 Å². The monoisotopic (exact) mass is 305 g/mol. The molecule has 0 heterocycles. The van der Waals surface area contributed by atoms with Crippen LogP contribution in [0, 0.1) is 19.7 Å². The summed E-state index contributed by atoms with van der Waals surface area (Å²) in [4.78, 5) is 0. The first-order valence-corrected chi connectivity index (χ1v) is 7.67. The molecule has 0 aliphatic heterocycles. The lowest BCUT2D eigenvalue weighted by Gasteiger charge is -2.14. The van der Waals surface area contributed by atoms with Gasteiger partial charge in [0.1, 0.15) is 5.82 Å². The summed E-state index contributed by atoms with van der Waals surface area (Å²) in [7, 11) is 0. The van der Waals surface area contributed by atoms with E-state index in [9.17, 15) is 4.39 Å². The molecule has 0 bridgehead atoms. The summed E-state index contributed by atoms with van der Waals surface area (Å²) in [5, 5.41) is 4.13. The maximum atomic E-state index is 13.7. The summed E-state index contributed by atoms with van der Waals surface area (Å²) in [6.07, 6.45) is 1.08. The Morgan fingerprint density at radius 2 is 1.81 bits per heavy atom. The molecule has 112 valence electrons. The first kappa shape index (κ1) is 16.0. The van der Waals surface area contributed by atoms with Crippen molar-refractivity contribution in [3.05, 3.63) is 57.9 Å². The summed E-state index contributed by atoms with van der Waals surface area (Å²) in [6.45, 7) is 7.81. The standard InChI is InChI=1S/C18H21ClFN/c1-4-7-21-11-14-5-6-15(20)10-17(14)16-8-13(3)18(19)9-12(16)2/h5-6,8-10,21H,4,7,11H2,1-3H3. The van der Waals surface area contributed by atoms with Crippen molar-refractivity contribution in [2.45, 2.75) is 33.7 Å². The first-order chi connectivity index (χ1) is 10.0. The van der Waals surface area contributed by atoms with E-state index >= 15 is 0 Å². The minimum absolute atomic E-state index is 0.212. The fourth-order valence-electron chi connectivity index (χ4n) is 2.42. The van der Waals surface area contributed by atoms with Crippen LogP contribution in [0.4, 0.5) is 4.39 Å². The molecule has 1 N–H and O–H groups in total. The van der Waals surface area contributed by atoms with Crippen molar-refractivity contribution in [3.8, 4) is 11.1 Å². The normalized spacial score (nSPS) is 10.9. The smallest absolute Gasteiger partial charge is 0.123 e. The topological polar surface area (TPSA) is 12.0 Å². The van der Waals surface area contributed by atoms with E-state index in [1.54, 1.807) is 6.07 Å². The van der Waals surface area contributed by atoms with Gasteiger partial charge in [-0.3, -0.25) is 0 Å². The van der Waals surface area contributed by atoms with Crippen molar-refractivity contribution < 1.29 is 4.39 Å². The van der Waals surface area contributed by atoms with Gasteiger partial charge < -0.3 is 5.32 Å². The van der Waals surface area contributed by atoms with Crippen molar-refractivity contribution in [1.82, 2.24) is 5.32 Å². The van der Waals surface area contributed by atoms with Gasteiger partial charge in [0.25, 0.3) is 0 Å². The molecule has 0 saturated carbocycles. The Bertz CT molecular complexity index is 637. The fourth-order valence-corrected chi connectivity index (χ4v) is 2.64. The molecule has 2 aromatic carbocycles. The Labute approximate surface area is 131 Å². The lowest BCUT2D eigenvalue weighted by molar-refractivity contribution is 0.625. The highest BCUT2D eigenvalue weighted by molar-refractivity contribution is 6.31. The van der Waals surface area contributed by atoms with Gasteiger partial charge in [-0.2, -0.15) is 0 Å². The highest BCUT2D eigenvalue weighted by Crippen LogP contribution is 2.31. The summed E-state index contributed by atoms with van der Waals surface area (Å²) >= 11 is 6.16. The van der Waals surface area contributed by atoms with Gasteiger partial charge in [0.2, 0.25) is 0 Å². The van der Waals surface area contributed by atoms with Gasteiger partial charge in [0, 0.05) is 11.6 Å². The van der Waals surface area contributed by atoms with Crippen LogP contribution < -0.4 is 5.32 Å². The molecule has 21 heavy (non-hydrogen) atoms. The molecule has 0 unspecified atom stereocenters. The van der Waals surface area contributed by atoms with Crippen LogP contribution in [0.25, 0.3) is 11.1 Å². The molecule has 0 atom stereocenters. The van der Waals surface area contributed by atoms with E-state index in [0.29, 0.717) is 0 Å². The van der Waals surface area contributed by atoms with Crippen molar-refractivity contribution in [3.63, 3.8) is 0 Å². The van der Waals surface area contributed by atoms with Crippen molar-refractivity contribution >= 4 is 11.6 Å². The van der Waals surface area contributed by atoms with Crippen molar-refractivity contribution in [2.75, 3.05) is 6.54 Å². The van der Waals surface area contributed by atoms with Gasteiger partial charge >= 0.3 is 0 Å². The summed E-state index contributed by atoms with van der Waals surface area (Å²) < 4.78 is 13.7. The molecule has 0 aliphatic carbocycles. The van der Waals surface area contributed by atoms with Gasteiger partial charge in [-0.1, -0.05) is 24.6 Å². The summed E-state index contributed by atoms with van der Waals surface area (Å²) in [5.74, 6) is -0.212. The molecular weight excluding hydrogens is 285 g/mol. The summed E-state index contributed by atoms with van der Waals surface area (Å²) in [5.41, 5.74) is 5.16. The Morgan fingerprint density at radius 3 is 2.52 bits per heavy atom. The van der Waals surface area contributed by atoms with Crippen LogP contribution in [0.15, 0.2) is 30.3 Å². The SMILES string of the molecule is CCCNCc1ccc(F)cc1-c1cc(C)c(Cl)cc1C. The van der Waals surface area contributed by atoms with E-state index in [-0.39, 0.29) is 5.82 Å². The number of nitrogens with one attached hydrogen (secondary N) is 1. The molecular formula is C18H21ClFN. The van der Waals surface area contributed by atoms with E-state index in [0.717, 1.165) is 52.4 Å². The minimum atomic E-state index is -0.212. The Morgan fingerprint density at radius 1 is 1.05 bits per heavy atom. The van der Waals surface area contributed by atoms with E-state index < -0.39 is 0 Å². The zero-order valence-corrected chi connectivity index (χ0v) is 13.5. The molecule has 3 heteroatoms. The number of halogens is 2. The molecule has 0 amide bonds. The molecule has 0 fully saturated rings. The molecule has 0 saturated heterocycles. The Hall–Kier alpha value is -1.38. The molecule has 2 rings (SSSR count). The van der Waals surface area contributed by atoms with Crippen LogP contribution in [0.1, 0.15) is 30.0 Å². The average Bonchev–Trinajstić information content (AvgIpc) is 2.45. The quantitative estimate of drug-likeness (QED) is 0.743. The van der Waals surface area contributed by atoms with Gasteiger partial charge in [-0.15, -0.1) is 0 Å².